The van der Waals surface area contributed by atoms with Gasteiger partial charge in [0.2, 0.25) is 5.95 Å². The first-order valence-electron chi connectivity index (χ1n) is 10.1. The van der Waals surface area contributed by atoms with Gasteiger partial charge in [-0.15, -0.1) is 0 Å². The van der Waals surface area contributed by atoms with Crippen molar-refractivity contribution in [2.24, 2.45) is 17.8 Å². The highest BCUT2D eigenvalue weighted by Crippen LogP contribution is 2.28. The quantitative estimate of drug-likeness (QED) is 0.710. The first-order valence-corrected chi connectivity index (χ1v) is 10.1. The molecule has 0 aromatic carbocycles. The maximum absolute atomic E-state index is 13.1. The monoisotopic (exact) mass is 389 g/mol. The average molecular weight is 390 g/mol. The Morgan fingerprint density at radius 3 is 2.25 bits per heavy atom. The van der Waals surface area contributed by atoms with Crippen molar-refractivity contribution in [1.29, 1.82) is 0 Å². The van der Waals surface area contributed by atoms with Crippen LogP contribution in [0.3, 0.4) is 0 Å². The van der Waals surface area contributed by atoms with Gasteiger partial charge in [-0.05, 0) is 38.5 Å². The normalized spacial score (nSPS) is 22.3. The van der Waals surface area contributed by atoms with Crippen LogP contribution in [-0.4, -0.2) is 65.6 Å². The van der Waals surface area contributed by atoms with E-state index in [4.69, 9.17) is 4.74 Å². The summed E-state index contributed by atoms with van der Waals surface area (Å²) in [6.45, 7) is 13.2. The second-order valence-corrected chi connectivity index (χ2v) is 8.10. The molecule has 0 bridgehead atoms. The standard InChI is InChI=1S/C20H31N5O3/c1-6-28-19(27)17(11(2)3)24-20-22-12(4)16(13(5)23-20)18(26)25-9-14-7-21-8-15(14)10-25/h11,14-15,17,21H,6-10H2,1-5H3,(H,22,23,24). The van der Waals surface area contributed by atoms with Crippen LogP contribution in [0.1, 0.15) is 42.5 Å². The Bertz CT molecular complexity index is 716. The number of esters is 1. The average Bonchev–Trinajstić information content (AvgIpc) is 3.20. The molecular formula is C20H31N5O3. The fourth-order valence-corrected chi connectivity index (χ4v) is 4.14. The van der Waals surface area contributed by atoms with Crippen LogP contribution in [0.5, 0.6) is 0 Å². The van der Waals surface area contributed by atoms with Gasteiger partial charge in [-0.25, -0.2) is 14.8 Å². The zero-order valence-corrected chi connectivity index (χ0v) is 17.4. The minimum Gasteiger partial charge on any atom is -0.464 e. The molecule has 2 aliphatic heterocycles. The van der Waals surface area contributed by atoms with Crippen molar-refractivity contribution in [3.05, 3.63) is 17.0 Å². The van der Waals surface area contributed by atoms with Crippen LogP contribution in [0.25, 0.3) is 0 Å². The molecule has 1 aromatic rings. The van der Waals surface area contributed by atoms with E-state index in [9.17, 15) is 9.59 Å². The molecule has 154 valence electrons. The van der Waals surface area contributed by atoms with E-state index in [1.807, 2.05) is 32.6 Å². The molecule has 2 N–H and O–H groups in total. The zero-order valence-electron chi connectivity index (χ0n) is 17.4. The third kappa shape index (κ3) is 4.11. The lowest BCUT2D eigenvalue weighted by Gasteiger charge is -2.22. The van der Waals surface area contributed by atoms with Crippen LogP contribution < -0.4 is 10.6 Å². The molecule has 3 atom stereocenters. The lowest BCUT2D eigenvalue weighted by molar-refractivity contribution is -0.145. The number of carbonyl (C=O) groups excluding carboxylic acids is 2. The van der Waals surface area contributed by atoms with Crippen molar-refractivity contribution in [3.8, 4) is 0 Å². The molecule has 3 heterocycles. The van der Waals surface area contributed by atoms with E-state index in [-0.39, 0.29) is 17.8 Å². The first kappa shape index (κ1) is 20.5. The summed E-state index contributed by atoms with van der Waals surface area (Å²) in [6.07, 6.45) is 0. The van der Waals surface area contributed by atoms with Gasteiger partial charge in [0, 0.05) is 26.2 Å². The first-order chi connectivity index (χ1) is 13.3. The number of fused-ring (bicyclic) bond motifs is 1. The summed E-state index contributed by atoms with van der Waals surface area (Å²) in [7, 11) is 0. The summed E-state index contributed by atoms with van der Waals surface area (Å²) < 4.78 is 5.14. The number of likely N-dealkylation sites (tertiary alicyclic amines) is 1. The predicted molar refractivity (Wildman–Crippen MR) is 106 cm³/mol. The summed E-state index contributed by atoms with van der Waals surface area (Å²) in [5, 5.41) is 6.47. The Balaban J connectivity index is 1.77. The molecule has 8 heteroatoms. The van der Waals surface area contributed by atoms with Gasteiger partial charge in [0.25, 0.3) is 5.91 Å². The van der Waals surface area contributed by atoms with Crippen molar-refractivity contribution in [1.82, 2.24) is 20.2 Å². The van der Waals surface area contributed by atoms with Crippen LogP contribution in [0.2, 0.25) is 0 Å². The number of ether oxygens (including phenoxy) is 1. The van der Waals surface area contributed by atoms with E-state index in [1.165, 1.54) is 0 Å². The van der Waals surface area contributed by atoms with Crippen LogP contribution in [0.4, 0.5) is 5.95 Å². The predicted octanol–water partition coefficient (Wildman–Crippen LogP) is 1.38. The van der Waals surface area contributed by atoms with Crippen LogP contribution in [0.15, 0.2) is 0 Å². The topological polar surface area (TPSA) is 96.4 Å². The molecule has 8 nitrogen and oxygen atoms in total. The molecule has 0 aliphatic carbocycles. The number of aryl methyl sites for hydroxylation is 2. The van der Waals surface area contributed by atoms with E-state index >= 15 is 0 Å². The van der Waals surface area contributed by atoms with Gasteiger partial charge >= 0.3 is 5.97 Å². The van der Waals surface area contributed by atoms with Gasteiger partial charge in [-0.3, -0.25) is 4.79 Å². The SMILES string of the molecule is CCOC(=O)C(Nc1nc(C)c(C(=O)N2CC3CNCC3C2)c(C)n1)C(C)C. The van der Waals surface area contributed by atoms with Crippen LogP contribution in [-0.2, 0) is 9.53 Å². The second-order valence-electron chi connectivity index (χ2n) is 8.10. The molecule has 1 aromatic heterocycles. The van der Waals surface area contributed by atoms with Gasteiger partial charge in [-0.2, -0.15) is 0 Å². The highest BCUT2D eigenvalue weighted by Gasteiger charge is 2.39. The maximum atomic E-state index is 13.1. The Kier molecular flexibility index (Phi) is 6.17. The molecule has 3 rings (SSSR count). The Labute approximate surface area is 166 Å². The summed E-state index contributed by atoms with van der Waals surface area (Å²) >= 11 is 0. The molecule has 1 amide bonds. The van der Waals surface area contributed by atoms with Gasteiger partial charge in [0.1, 0.15) is 6.04 Å². The van der Waals surface area contributed by atoms with Gasteiger partial charge in [0.05, 0.1) is 23.6 Å². The fourth-order valence-electron chi connectivity index (χ4n) is 4.14. The van der Waals surface area contributed by atoms with E-state index in [0.29, 0.717) is 41.3 Å². The number of hydrogen-bond donors (Lipinski definition) is 2. The van der Waals surface area contributed by atoms with E-state index in [0.717, 1.165) is 26.2 Å². The molecule has 2 aliphatic rings. The lowest BCUT2D eigenvalue weighted by Crippen LogP contribution is -2.37. The number of anilines is 1. The number of nitrogens with zero attached hydrogens (tertiary/aromatic N) is 3. The highest BCUT2D eigenvalue weighted by molar-refractivity contribution is 5.96. The number of aromatic nitrogens is 2. The van der Waals surface area contributed by atoms with Crippen molar-refractivity contribution in [2.75, 3.05) is 38.1 Å². The third-order valence-electron chi connectivity index (χ3n) is 5.65. The number of amides is 1. The Morgan fingerprint density at radius 2 is 1.75 bits per heavy atom. The van der Waals surface area contributed by atoms with Gasteiger partial charge in [-0.1, -0.05) is 13.8 Å². The molecule has 2 saturated heterocycles. The molecule has 0 spiro atoms. The second kappa shape index (κ2) is 8.43. The highest BCUT2D eigenvalue weighted by atomic mass is 16.5. The summed E-state index contributed by atoms with van der Waals surface area (Å²) in [4.78, 5) is 36.2. The molecule has 2 fully saturated rings. The Morgan fingerprint density at radius 1 is 1.18 bits per heavy atom. The summed E-state index contributed by atoms with van der Waals surface area (Å²) in [5.74, 6) is 1.13. The zero-order chi connectivity index (χ0) is 20.4. The van der Waals surface area contributed by atoms with Crippen LogP contribution >= 0.6 is 0 Å². The van der Waals surface area contributed by atoms with E-state index in [1.54, 1.807) is 6.92 Å². The minimum absolute atomic E-state index is 0.00162. The molecule has 3 unspecified atom stereocenters. The summed E-state index contributed by atoms with van der Waals surface area (Å²) in [5.41, 5.74) is 1.82. The minimum atomic E-state index is -0.536. The van der Waals surface area contributed by atoms with Crippen LogP contribution in [0, 0.1) is 31.6 Å². The van der Waals surface area contributed by atoms with E-state index < -0.39 is 6.04 Å². The fraction of sp³-hybridized carbons (Fsp3) is 0.700. The number of carbonyl (C=O) groups is 2. The largest absolute Gasteiger partial charge is 0.464 e. The Hall–Kier alpha value is -2.22. The van der Waals surface area contributed by atoms with Crippen molar-refractivity contribution >= 4 is 17.8 Å². The molecule has 0 saturated carbocycles. The third-order valence-corrected chi connectivity index (χ3v) is 5.65. The van der Waals surface area contributed by atoms with Crippen molar-refractivity contribution < 1.29 is 14.3 Å². The molecule has 28 heavy (non-hydrogen) atoms. The van der Waals surface area contributed by atoms with Crippen molar-refractivity contribution in [2.45, 2.75) is 40.7 Å². The molecular weight excluding hydrogens is 358 g/mol. The van der Waals surface area contributed by atoms with Crippen molar-refractivity contribution in [3.63, 3.8) is 0 Å². The molecule has 0 radical (unpaired) electrons. The lowest BCUT2D eigenvalue weighted by atomic mass is 10.0. The van der Waals surface area contributed by atoms with Gasteiger partial charge < -0.3 is 20.3 Å². The smallest absolute Gasteiger partial charge is 0.328 e. The number of nitrogens with one attached hydrogen (secondary N) is 2. The number of hydrogen-bond acceptors (Lipinski definition) is 7. The summed E-state index contributed by atoms with van der Waals surface area (Å²) in [6, 6.07) is -0.536. The number of rotatable bonds is 6. The van der Waals surface area contributed by atoms with E-state index in [2.05, 4.69) is 20.6 Å². The van der Waals surface area contributed by atoms with Gasteiger partial charge in [0.15, 0.2) is 0 Å². The maximum Gasteiger partial charge on any atom is 0.328 e.